The highest BCUT2D eigenvalue weighted by atomic mass is 16.6. The van der Waals surface area contributed by atoms with Crippen molar-refractivity contribution in [3.05, 3.63) is 71.8 Å². The average Bonchev–Trinajstić information content (AvgIpc) is 3.07. The third-order valence-corrected chi connectivity index (χ3v) is 4.60. The molecular weight excluding hydrogens is 412 g/mol. The Morgan fingerprint density at radius 3 is 2.56 bits per heavy atom. The van der Waals surface area contributed by atoms with Crippen LogP contribution in [-0.2, 0) is 25.5 Å². The van der Waals surface area contributed by atoms with E-state index >= 15 is 0 Å². The minimum Gasteiger partial charge on any atom is -0.490 e. The molecule has 8 heteroatoms. The summed E-state index contributed by atoms with van der Waals surface area (Å²) in [7, 11) is 1.28. The molecule has 1 heterocycles. The van der Waals surface area contributed by atoms with Gasteiger partial charge in [0.15, 0.2) is 18.1 Å². The van der Waals surface area contributed by atoms with E-state index in [1.807, 2.05) is 13.0 Å². The fourth-order valence-corrected chi connectivity index (χ4v) is 3.17. The van der Waals surface area contributed by atoms with Crippen LogP contribution in [0.15, 0.2) is 60.7 Å². The van der Waals surface area contributed by atoms with E-state index in [1.165, 1.54) is 18.2 Å². The summed E-state index contributed by atoms with van der Waals surface area (Å²) >= 11 is 0. The summed E-state index contributed by atoms with van der Waals surface area (Å²) in [5.41, 5.74) is 4.38. The first-order valence-electron chi connectivity index (χ1n) is 10.0. The number of hydrogen-bond donors (Lipinski definition) is 1. The van der Waals surface area contributed by atoms with E-state index < -0.39 is 17.8 Å². The number of methoxy groups -OCH3 is 1. The first-order valence-corrected chi connectivity index (χ1v) is 10.0. The molecule has 32 heavy (non-hydrogen) atoms. The number of hydrazine groups is 1. The van der Waals surface area contributed by atoms with E-state index in [0.717, 1.165) is 0 Å². The molecule has 0 spiro atoms. The Morgan fingerprint density at radius 2 is 1.91 bits per heavy atom. The number of allylic oxidation sites excluding steroid dienone is 1. The van der Waals surface area contributed by atoms with Crippen LogP contribution in [0, 0.1) is 0 Å². The van der Waals surface area contributed by atoms with Crippen LogP contribution >= 0.6 is 0 Å². The maximum atomic E-state index is 12.9. The van der Waals surface area contributed by atoms with Crippen molar-refractivity contribution >= 4 is 29.5 Å². The number of amides is 2. The summed E-state index contributed by atoms with van der Waals surface area (Å²) in [6, 6.07) is 12.2. The third-order valence-electron chi connectivity index (χ3n) is 4.60. The predicted octanol–water partition coefficient (Wildman–Crippen LogP) is 2.83. The van der Waals surface area contributed by atoms with E-state index in [9.17, 15) is 14.4 Å². The topological polar surface area (TPSA) is 94.2 Å². The van der Waals surface area contributed by atoms with Crippen molar-refractivity contribution in [1.29, 1.82) is 0 Å². The number of nitrogens with one attached hydrogen (secondary N) is 1. The smallest absolute Gasteiger partial charge is 0.343 e. The number of nitrogens with zero attached hydrogens (tertiary/aromatic N) is 1. The average molecular weight is 436 g/mol. The minimum atomic E-state index is -0.530. The quantitative estimate of drug-likeness (QED) is 0.281. The van der Waals surface area contributed by atoms with Gasteiger partial charge in [-0.25, -0.2) is 9.80 Å². The summed E-state index contributed by atoms with van der Waals surface area (Å²) in [5.74, 6) is -0.734. The summed E-state index contributed by atoms with van der Waals surface area (Å²) in [4.78, 5) is 36.9. The Bertz CT molecular complexity index is 1060. The Labute approximate surface area is 186 Å². The van der Waals surface area contributed by atoms with Crippen LogP contribution in [-0.4, -0.2) is 38.1 Å². The molecule has 0 saturated carbocycles. The molecule has 2 aromatic rings. The van der Waals surface area contributed by atoms with Gasteiger partial charge in [0, 0.05) is 5.56 Å². The summed E-state index contributed by atoms with van der Waals surface area (Å²) in [5, 5.41) is 1.20. The lowest BCUT2D eigenvalue weighted by Gasteiger charge is -2.16. The minimum absolute atomic E-state index is 0.0101. The molecule has 1 N–H and O–H groups in total. The lowest BCUT2D eigenvalue weighted by Crippen LogP contribution is -2.35. The van der Waals surface area contributed by atoms with E-state index in [0.29, 0.717) is 41.3 Å². The molecule has 0 radical (unpaired) electrons. The van der Waals surface area contributed by atoms with Gasteiger partial charge in [-0.2, -0.15) is 0 Å². The van der Waals surface area contributed by atoms with Crippen molar-refractivity contribution < 1.29 is 28.6 Å². The Hall–Kier alpha value is -4.07. The fraction of sp³-hybridized carbons (Fsp3) is 0.208. The molecule has 0 unspecified atom stereocenters. The van der Waals surface area contributed by atoms with Crippen LogP contribution in [0.3, 0.4) is 0 Å². The fourth-order valence-electron chi connectivity index (χ4n) is 3.17. The molecule has 166 valence electrons. The standard InChI is InChI=1S/C24H24N2O6/c1-4-9-17-12-16(14-20(31-5-2)22(17)32-15-21(27)30-3)13-19-23(28)25-26(24(19)29)18-10-7-6-8-11-18/h4,6-8,10-14H,1,5,9,15H2,2-3H3,(H,25,28)/b19-13-. The van der Waals surface area contributed by atoms with Gasteiger partial charge in [-0.3, -0.25) is 15.0 Å². The van der Waals surface area contributed by atoms with E-state index in [2.05, 4.69) is 16.7 Å². The molecule has 1 fully saturated rings. The van der Waals surface area contributed by atoms with Crippen LogP contribution in [0.1, 0.15) is 18.1 Å². The first-order chi connectivity index (χ1) is 15.5. The molecule has 0 aliphatic carbocycles. The van der Waals surface area contributed by atoms with E-state index in [4.69, 9.17) is 9.47 Å². The van der Waals surface area contributed by atoms with Gasteiger partial charge in [-0.1, -0.05) is 24.3 Å². The second-order valence-corrected chi connectivity index (χ2v) is 6.77. The third kappa shape index (κ3) is 4.97. The molecule has 1 saturated heterocycles. The summed E-state index contributed by atoms with van der Waals surface area (Å²) < 4.78 is 16.0. The normalized spacial score (nSPS) is 14.3. The van der Waals surface area contributed by atoms with Crippen molar-refractivity contribution in [3.8, 4) is 11.5 Å². The van der Waals surface area contributed by atoms with Crippen molar-refractivity contribution in [2.24, 2.45) is 0 Å². The second kappa shape index (κ2) is 10.3. The maximum Gasteiger partial charge on any atom is 0.343 e. The number of esters is 1. The van der Waals surface area contributed by atoms with Gasteiger partial charge < -0.3 is 14.2 Å². The molecule has 0 aromatic heterocycles. The molecule has 0 atom stereocenters. The van der Waals surface area contributed by atoms with Crippen molar-refractivity contribution in [3.63, 3.8) is 0 Å². The number of benzene rings is 2. The van der Waals surface area contributed by atoms with Crippen LogP contribution < -0.4 is 19.9 Å². The summed E-state index contributed by atoms with van der Waals surface area (Å²) in [6.45, 7) is 5.64. The van der Waals surface area contributed by atoms with Gasteiger partial charge in [-0.05, 0) is 49.2 Å². The van der Waals surface area contributed by atoms with Gasteiger partial charge in [0.2, 0.25) is 0 Å². The molecule has 2 amide bonds. The van der Waals surface area contributed by atoms with Gasteiger partial charge in [0.05, 0.1) is 19.4 Å². The van der Waals surface area contributed by atoms with Gasteiger partial charge in [0.1, 0.15) is 5.57 Å². The number of para-hydroxylation sites is 1. The van der Waals surface area contributed by atoms with Crippen LogP contribution in [0.25, 0.3) is 6.08 Å². The van der Waals surface area contributed by atoms with E-state index in [1.54, 1.807) is 42.5 Å². The summed E-state index contributed by atoms with van der Waals surface area (Å²) in [6.07, 6.45) is 3.60. The highest BCUT2D eigenvalue weighted by Gasteiger charge is 2.34. The monoisotopic (exact) mass is 436 g/mol. The molecule has 8 nitrogen and oxygen atoms in total. The second-order valence-electron chi connectivity index (χ2n) is 6.77. The Balaban J connectivity index is 1.98. The highest BCUT2D eigenvalue weighted by Crippen LogP contribution is 2.35. The number of anilines is 1. The zero-order chi connectivity index (χ0) is 23.1. The predicted molar refractivity (Wildman–Crippen MR) is 119 cm³/mol. The van der Waals surface area contributed by atoms with Crippen molar-refractivity contribution in [2.75, 3.05) is 25.3 Å². The Kier molecular flexibility index (Phi) is 7.28. The van der Waals surface area contributed by atoms with Gasteiger partial charge in [0.25, 0.3) is 11.8 Å². The number of carbonyl (C=O) groups is 3. The maximum absolute atomic E-state index is 12.9. The van der Waals surface area contributed by atoms with Crippen LogP contribution in [0.2, 0.25) is 0 Å². The van der Waals surface area contributed by atoms with Crippen molar-refractivity contribution in [2.45, 2.75) is 13.3 Å². The molecule has 0 bridgehead atoms. The SMILES string of the molecule is C=CCc1cc(/C=C2/C(=O)NN(c3ccccc3)C2=O)cc(OCC)c1OCC(=O)OC. The number of ether oxygens (including phenoxy) is 3. The number of carbonyl (C=O) groups excluding carboxylic acids is 3. The number of rotatable bonds is 9. The first kappa shape index (κ1) is 22.6. The lowest BCUT2D eigenvalue weighted by atomic mass is 10.0. The van der Waals surface area contributed by atoms with Crippen LogP contribution in [0.4, 0.5) is 5.69 Å². The molecule has 2 aromatic carbocycles. The Morgan fingerprint density at radius 1 is 1.16 bits per heavy atom. The van der Waals surface area contributed by atoms with E-state index in [-0.39, 0.29) is 12.2 Å². The lowest BCUT2D eigenvalue weighted by molar-refractivity contribution is -0.143. The zero-order valence-corrected chi connectivity index (χ0v) is 17.9. The molecular formula is C24H24N2O6. The molecule has 3 rings (SSSR count). The zero-order valence-electron chi connectivity index (χ0n) is 17.9. The highest BCUT2D eigenvalue weighted by molar-refractivity contribution is 6.31. The number of hydrogen-bond acceptors (Lipinski definition) is 6. The van der Waals surface area contributed by atoms with Crippen molar-refractivity contribution in [1.82, 2.24) is 5.43 Å². The van der Waals surface area contributed by atoms with Gasteiger partial charge in [-0.15, -0.1) is 6.58 Å². The molecule has 1 aliphatic rings. The molecule has 1 aliphatic heterocycles. The van der Waals surface area contributed by atoms with Crippen LogP contribution in [0.5, 0.6) is 11.5 Å². The largest absolute Gasteiger partial charge is 0.490 e. The van der Waals surface area contributed by atoms with Gasteiger partial charge >= 0.3 is 5.97 Å².